The first-order valence-corrected chi connectivity index (χ1v) is 8.18. The van der Waals surface area contributed by atoms with Crippen molar-refractivity contribution in [2.24, 2.45) is 0 Å². The van der Waals surface area contributed by atoms with E-state index in [0.29, 0.717) is 11.4 Å². The molecule has 124 valence electrons. The predicted molar refractivity (Wildman–Crippen MR) is 95.5 cm³/mol. The molecule has 1 aromatic heterocycles. The lowest BCUT2D eigenvalue weighted by molar-refractivity contribution is -0.116. The fourth-order valence-corrected chi connectivity index (χ4v) is 3.34. The number of ketones is 1. The van der Waals surface area contributed by atoms with E-state index in [1.807, 2.05) is 61.5 Å². The van der Waals surface area contributed by atoms with Gasteiger partial charge in [-0.1, -0.05) is 54.6 Å². The molecule has 3 aromatic rings. The number of fused-ring (bicyclic) bond motifs is 1. The van der Waals surface area contributed by atoms with Gasteiger partial charge in [0.05, 0.1) is 11.6 Å². The molecule has 1 atom stereocenters. The quantitative estimate of drug-likeness (QED) is 0.719. The molecule has 5 nitrogen and oxygen atoms in total. The summed E-state index contributed by atoms with van der Waals surface area (Å²) in [7, 11) is 0. The third kappa shape index (κ3) is 2.63. The maximum Gasteiger partial charge on any atom is 0.226 e. The van der Waals surface area contributed by atoms with Crippen LogP contribution in [0.15, 0.2) is 54.6 Å². The summed E-state index contributed by atoms with van der Waals surface area (Å²) < 4.78 is 0. The summed E-state index contributed by atoms with van der Waals surface area (Å²) >= 11 is 0. The molecule has 0 radical (unpaired) electrons. The van der Waals surface area contributed by atoms with E-state index >= 15 is 0 Å². The second kappa shape index (κ2) is 6.02. The van der Waals surface area contributed by atoms with Crippen LogP contribution < -0.4 is 5.32 Å². The van der Waals surface area contributed by atoms with Crippen LogP contribution in [0.1, 0.15) is 33.8 Å². The van der Waals surface area contributed by atoms with E-state index in [2.05, 4.69) is 15.5 Å². The first-order chi connectivity index (χ1) is 12.1. The molecule has 0 bridgehead atoms. The van der Waals surface area contributed by atoms with Crippen LogP contribution in [-0.2, 0) is 4.79 Å². The Morgan fingerprint density at radius 3 is 2.56 bits per heavy atom. The Morgan fingerprint density at radius 2 is 1.80 bits per heavy atom. The highest BCUT2D eigenvalue weighted by Crippen LogP contribution is 2.40. The lowest BCUT2D eigenvalue weighted by Gasteiger charge is -2.22. The number of Topliss-reactive ketones (excluding diaryl/α,β-unsaturated/α-hetero) is 1. The van der Waals surface area contributed by atoms with Crippen LogP contribution in [-0.4, -0.2) is 21.9 Å². The van der Waals surface area contributed by atoms with Crippen molar-refractivity contribution in [2.75, 3.05) is 5.32 Å². The third-order valence-electron chi connectivity index (χ3n) is 4.59. The number of nitrogens with zero attached hydrogens (tertiary/aromatic N) is 1. The summed E-state index contributed by atoms with van der Waals surface area (Å²) in [5.41, 5.74) is 4.04. The highest BCUT2D eigenvalue weighted by Gasteiger charge is 2.36. The van der Waals surface area contributed by atoms with E-state index in [-0.39, 0.29) is 18.1 Å². The van der Waals surface area contributed by atoms with Gasteiger partial charge < -0.3 is 5.32 Å². The number of aromatic amines is 1. The number of H-pyrrole nitrogens is 1. The SMILES string of the molecule is Cc1ccccc1C(=O)C1CC(=O)Nc2n[nH]c(-c3ccccc3)c21. The fourth-order valence-electron chi connectivity index (χ4n) is 3.34. The van der Waals surface area contributed by atoms with Gasteiger partial charge in [0.2, 0.25) is 5.91 Å². The van der Waals surface area contributed by atoms with E-state index < -0.39 is 5.92 Å². The summed E-state index contributed by atoms with van der Waals surface area (Å²) in [5, 5.41) is 9.98. The molecular formula is C20H17N3O2. The predicted octanol–water partition coefficient (Wildman–Crippen LogP) is 3.69. The summed E-state index contributed by atoms with van der Waals surface area (Å²) in [6, 6.07) is 17.2. The van der Waals surface area contributed by atoms with Crippen LogP contribution in [0.2, 0.25) is 0 Å². The molecule has 5 heteroatoms. The van der Waals surface area contributed by atoms with Gasteiger partial charge in [-0.2, -0.15) is 5.10 Å². The highest BCUT2D eigenvalue weighted by atomic mass is 16.2. The van der Waals surface area contributed by atoms with Crippen molar-refractivity contribution < 1.29 is 9.59 Å². The second-order valence-electron chi connectivity index (χ2n) is 6.21. The first kappa shape index (κ1) is 15.3. The number of amides is 1. The smallest absolute Gasteiger partial charge is 0.226 e. The van der Waals surface area contributed by atoms with E-state index in [1.54, 1.807) is 0 Å². The van der Waals surface area contributed by atoms with Gasteiger partial charge in [-0.15, -0.1) is 0 Å². The summed E-state index contributed by atoms with van der Waals surface area (Å²) in [4.78, 5) is 25.3. The summed E-state index contributed by atoms with van der Waals surface area (Å²) in [6.07, 6.45) is 0.125. The zero-order valence-electron chi connectivity index (χ0n) is 13.7. The van der Waals surface area contributed by atoms with Gasteiger partial charge in [0.15, 0.2) is 11.6 Å². The largest absolute Gasteiger partial charge is 0.309 e. The maximum absolute atomic E-state index is 13.2. The molecule has 0 saturated carbocycles. The topological polar surface area (TPSA) is 74.8 Å². The first-order valence-electron chi connectivity index (χ1n) is 8.18. The van der Waals surface area contributed by atoms with Crippen molar-refractivity contribution >= 4 is 17.5 Å². The molecule has 0 spiro atoms. The molecule has 1 amide bonds. The van der Waals surface area contributed by atoms with Gasteiger partial charge in [0.25, 0.3) is 0 Å². The Labute approximate surface area is 145 Å². The van der Waals surface area contributed by atoms with E-state index in [0.717, 1.165) is 22.4 Å². The van der Waals surface area contributed by atoms with Crippen LogP contribution in [0, 0.1) is 6.92 Å². The van der Waals surface area contributed by atoms with Crippen LogP contribution in [0.4, 0.5) is 5.82 Å². The lowest BCUT2D eigenvalue weighted by atomic mass is 9.83. The van der Waals surface area contributed by atoms with Crippen molar-refractivity contribution in [1.29, 1.82) is 0 Å². The number of carbonyl (C=O) groups excluding carboxylic acids is 2. The lowest BCUT2D eigenvalue weighted by Crippen LogP contribution is -2.27. The monoisotopic (exact) mass is 331 g/mol. The molecule has 2 aromatic carbocycles. The number of nitrogens with one attached hydrogen (secondary N) is 2. The van der Waals surface area contributed by atoms with Gasteiger partial charge in [-0.25, -0.2) is 0 Å². The molecule has 2 heterocycles. The molecule has 1 aliphatic rings. The third-order valence-corrected chi connectivity index (χ3v) is 4.59. The molecule has 0 fully saturated rings. The molecule has 1 aliphatic heterocycles. The Bertz CT molecular complexity index is 960. The van der Waals surface area contributed by atoms with Gasteiger partial charge in [0, 0.05) is 17.5 Å². The number of hydrogen-bond donors (Lipinski definition) is 2. The number of aryl methyl sites for hydroxylation is 1. The molecule has 4 rings (SSSR count). The van der Waals surface area contributed by atoms with Crippen molar-refractivity contribution in [3.8, 4) is 11.3 Å². The standard InChI is InChI=1S/C20H17N3O2/c1-12-7-5-6-10-14(12)19(25)15-11-16(24)21-20-17(15)18(22-23-20)13-8-3-2-4-9-13/h2-10,15H,11H2,1H3,(H2,21,22,23,24). The van der Waals surface area contributed by atoms with Gasteiger partial charge in [-0.05, 0) is 18.1 Å². The van der Waals surface area contributed by atoms with Crippen molar-refractivity contribution in [2.45, 2.75) is 19.3 Å². The van der Waals surface area contributed by atoms with Crippen LogP contribution >= 0.6 is 0 Å². The van der Waals surface area contributed by atoms with E-state index in [1.165, 1.54) is 0 Å². The van der Waals surface area contributed by atoms with Gasteiger partial charge in [0.1, 0.15) is 0 Å². The average Bonchev–Trinajstić information content (AvgIpc) is 3.05. The van der Waals surface area contributed by atoms with Gasteiger partial charge >= 0.3 is 0 Å². The average molecular weight is 331 g/mol. The highest BCUT2D eigenvalue weighted by molar-refractivity contribution is 6.09. The number of rotatable bonds is 3. The minimum atomic E-state index is -0.543. The molecular weight excluding hydrogens is 314 g/mol. The minimum Gasteiger partial charge on any atom is -0.309 e. The van der Waals surface area contributed by atoms with Gasteiger partial charge in [-0.3, -0.25) is 14.7 Å². The number of benzene rings is 2. The number of hydrogen-bond acceptors (Lipinski definition) is 3. The Hall–Kier alpha value is -3.21. The number of carbonyl (C=O) groups is 2. The fraction of sp³-hybridized carbons (Fsp3) is 0.150. The number of anilines is 1. The van der Waals surface area contributed by atoms with E-state index in [9.17, 15) is 9.59 Å². The molecule has 0 aliphatic carbocycles. The Kier molecular flexibility index (Phi) is 3.69. The second-order valence-corrected chi connectivity index (χ2v) is 6.21. The molecule has 2 N–H and O–H groups in total. The van der Waals surface area contributed by atoms with Crippen LogP contribution in [0.25, 0.3) is 11.3 Å². The molecule has 0 saturated heterocycles. The minimum absolute atomic E-state index is 0.0484. The number of aromatic nitrogens is 2. The van der Waals surface area contributed by atoms with Crippen LogP contribution in [0.3, 0.4) is 0 Å². The van der Waals surface area contributed by atoms with Crippen molar-refractivity contribution in [1.82, 2.24) is 10.2 Å². The maximum atomic E-state index is 13.2. The summed E-state index contributed by atoms with van der Waals surface area (Å²) in [5.74, 6) is -0.334. The summed E-state index contributed by atoms with van der Waals surface area (Å²) in [6.45, 7) is 1.91. The normalized spacial score (nSPS) is 16.2. The van der Waals surface area contributed by atoms with Crippen molar-refractivity contribution in [3.05, 3.63) is 71.3 Å². The molecule has 25 heavy (non-hydrogen) atoms. The Morgan fingerprint density at radius 1 is 1.08 bits per heavy atom. The Balaban J connectivity index is 1.84. The van der Waals surface area contributed by atoms with Crippen molar-refractivity contribution in [3.63, 3.8) is 0 Å². The zero-order valence-corrected chi connectivity index (χ0v) is 13.7. The molecule has 1 unspecified atom stereocenters. The van der Waals surface area contributed by atoms with Crippen LogP contribution in [0.5, 0.6) is 0 Å². The zero-order chi connectivity index (χ0) is 17.4. The van der Waals surface area contributed by atoms with E-state index in [4.69, 9.17) is 0 Å².